The van der Waals surface area contributed by atoms with Crippen molar-refractivity contribution in [2.75, 3.05) is 46.5 Å². The van der Waals surface area contributed by atoms with Gasteiger partial charge in [0.15, 0.2) is 5.79 Å². The quantitative estimate of drug-likeness (QED) is 0.680. The van der Waals surface area contributed by atoms with Crippen LogP contribution in [-0.2, 0) is 14.2 Å². The Morgan fingerprint density at radius 2 is 1.88 bits per heavy atom. The van der Waals surface area contributed by atoms with Crippen LogP contribution in [-0.4, -0.2) is 62.9 Å². The van der Waals surface area contributed by atoms with Crippen molar-refractivity contribution in [2.24, 2.45) is 0 Å². The smallest absolute Gasteiger partial charge is 0.169 e. The van der Waals surface area contributed by atoms with Crippen molar-refractivity contribution in [1.29, 1.82) is 0 Å². The minimum Gasteiger partial charge on any atom is -0.370 e. The van der Waals surface area contributed by atoms with Crippen LogP contribution in [0.1, 0.15) is 25.7 Å². The lowest BCUT2D eigenvalue weighted by Gasteiger charge is -2.39. The maximum absolute atomic E-state index is 6.20. The first-order chi connectivity index (χ1) is 8.20. The molecule has 1 atom stereocenters. The van der Waals surface area contributed by atoms with Crippen LogP contribution in [0.4, 0.5) is 0 Å². The van der Waals surface area contributed by atoms with Crippen LogP contribution < -0.4 is 0 Å². The van der Waals surface area contributed by atoms with E-state index in [-0.39, 0.29) is 11.9 Å². The van der Waals surface area contributed by atoms with Gasteiger partial charge in [-0.3, -0.25) is 0 Å². The largest absolute Gasteiger partial charge is 0.370 e. The van der Waals surface area contributed by atoms with Gasteiger partial charge in [-0.25, -0.2) is 0 Å². The molecule has 98 valence electrons. The van der Waals surface area contributed by atoms with Crippen LogP contribution in [0, 0.1) is 0 Å². The first-order valence-corrected chi connectivity index (χ1v) is 6.93. The molecule has 0 radical (unpaired) electrons. The van der Waals surface area contributed by atoms with E-state index in [1.54, 1.807) is 0 Å². The predicted octanol–water partition coefficient (Wildman–Crippen LogP) is 1.15. The molecule has 17 heavy (non-hydrogen) atoms. The third kappa shape index (κ3) is 2.50. The highest BCUT2D eigenvalue weighted by Gasteiger charge is 2.45. The normalized spacial score (nSPS) is 35.5. The molecule has 2 aliphatic heterocycles. The van der Waals surface area contributed by atoms with E-state index in [9.17, 15) is 0 Å². The van der Waals surface area contributed by atoms with Crippen LogP contribution in [0.3, 0.4) is 0 Å². The van der Waals surface area contributed by atoms with E-state index >= 15 is 0 Å². The van der Waals surface area contributed by atoms with Crippen molar-refractivity contribution < 1.29 is 18.7 Å². The van der Waals surface area contributed by atoms with Gasteiger partial charge in [0.1, 0.15) is 25.7 Å². The van der Waals surface area contributed by atoms with Gasteiger partial charge >= 0.3 is 0 Å². The lowest BCUT2D eigenvalue weighted by Crippen LogP contribution is -2.55. The molecule has 0 bridgehead atoms. The molecule has 1 aliphatic carbocycles. The third-order valence-corrected chi connectivity index (χ3v) is 4.47. The molecule has 2 heterocycles. The minimum absolute atomic E-state index is 0.198. The molecule has 3 fully saturated rings. The maximum atomic E-state index is 6.20. The Hall–Kier alpha value is -0.160. The van der Waals surface area contributed by atoms with E-state index in [0.717, 1.165) is 56.8 Å². The van der Waals surface area contributed by atoms with Gasteiger partial charge in [0.25, 0.3) is 0 Å². The second-order valence-corrected chi connectivity index (χ2v) is 6.03. The zero-order chi connectivity index (χ0) is 11.8. The zero-order valence-corrected chi connectivity index (χ0v) is 10.8. The summed E-state index contributed by atoms with van der Waals surface area (Å²) in [5.74, 6) is -0.198. The average molecular weight is 242 g/mol. The van der Waals surface area contributed by atoms with E-state index in [1.165, 1.54) is 12.8 Å². The monoisotopic (exact) mass is 242 g/mol. The summed E-state index contributed by atoms with van der Waals surface area (Å²) in [5, 5.41) is 0. The van der Waals surface area contributed by atoms with Crippen molar-refractivity contribution >= 4 is 0 Å². The Labute approximate surface area is 103 Å². The van der Waals surface area contributed by atoms with Crippen LogP contribution in [0.2, 0.25) is 0 Å². The highest BCUT2D eigenvalue weighted by atomic mass is 16.7. The third-order valence-electron chi connectivity index (χ3n) is 4.47. The number of hydrogen-bond acceptors (Lipinski definition) is 3. The molecule has 0 aromatic carbocycles. The van der Waals surface area contributed by atoms with Crippen LogP contribution in [0.15, 0.2) is 0 Å². The summed E-state index contributed by atoms with van der Waals surface area (Å²) in [6, 6.07) is 0. The highest BCUT2D eigenvalue weighted by molar-refractivity contribution is 4.84. The second-order valence-electron chi connectivity index (χ2n) is 6.03. The molecule has 1 unspecified atom stereocenters. The van der Waals surface area contributed by atoms with Crippen LogP contribution in [0.5, 0.6) is 0 Å². The molecule has 2 saturated heterocycles. The molecule has 3 aliphatic rings. The van der Waals surface area contributed by atoms with Crippen molar-refractivity contribution in [2.45, 2.75) is 37.6 Å². The number of quaternary nitrogens is 1. The molecular weight excluding hydrogens is 218 g/mol. The predicted molar refractivity (Wildman–Crippen MR) is 63.6 cm³/mol. The van der Waals surface area contributed by atoms with Crippen LogP contribution >= 0.6 is 0 Å². The number of rotatable bonds is 2. The van der Waals surface area contributed by atoms with Crippen molar-refractivity contribution in [3.8, 4) is 0 Å². The summed E-state index contributed by atoms with van der Waals surface area (Å²) in [7, 11) is 2.31. The molecule has 3 rings (SSSR count). The number of hydrogen-bond donors (Lipinski definition) is 0. The highest BCUT2D eigenvalue weighted by Crippen LogP contribution is 2.39. The van der Waals surface area contributed by atoms with Crippen molar-refractivity contribution in [3.63, 3.8) is 0 Å². The molecule has 4 heteroatoms. The van der Waals surface area contributed by atoms with Gasteiger partial charge in [-0.05, 0) is 12.8 Å². The maximum Gasteiger partial charge on any atom is 0.169 e. The summed E-state index contributed by atoms with van der Waals surface area (Å²) < 4.78 is 18.6. The van der Waals surface area contributed by atoms with E-state index in [0.29, 0.717) is 0 Å². The minimum atomic E-state index is -0.198. The van der Waals surface area contributed by atoms with Gasteiger partial charge in [-0.1, -0.05) is 0 Å². The van der Waals surface area contributed by atoms with E-state index in [4.69, 9.17) is 14.2 Å². The SMILES string of the molecule is C[N+]1(CC2COC3(CCCC3)O2)CCOCC1. The molecular formula is C13H24NO3+. The average Bonchev–Trinajstić information content (AvgIpc) is 2.91. The lowest BCUT2D eigenvalue weighted by molar-refractivity contribution is -0.919. The molecule has 1 saturated carbocycles. The Balaban J connectivity index is 1.56. The Bertz CT molecular complexity index is 270. The Kier molecular flexibility index (Phi) is 3.15. The Morgan fingerprint density at radius 3 is 2.59 bits per heavy atom. The summed E-state index contributed by atoms with van der Waals surface area (Å²) in [6.45, 7) is 5.84. The van der Waals surface area contributed by atoms with E-state index in [2.05, 4.69) is 7.05 Å². The fraction of sp³-hybridized carbons (Fsp3) is 1.00. The van der Waals surface area contributed by atoms with Crippen LogP contribution in [0.25, 0.3) is 0 Å². The van der Waals surface area contributed by atoms with E-state index in [1.807, 2.05) is 0 Å². The molecule has 1 spiro atoms. The number of nitrogens with zero attached hydrogens (tertiary/aromatic N) is 1. The summed E-state index contributed by atoms with van der Waals surface area (Å²) in [6.07, 6.45) is 4.99. The van der Waals surface area contributed by atoms with Gasteiger partial charge < -0.3 is 18.7 Å². The molecule has 0 amide bonds. The number of ether oxygens (including phenoxy) is 3. The first-order valence-electron chi connectivity index (χ1n) is 6.93. The Morgan fingerprint density at radius 1 is 1.18 bits per heavy atom. The fourth-order valence-corrected chi connectivity index (χ4v) is 3.34. The van der Waals surface area contributed by atoms with Crippen molar-refractivity contribution in [3.05, 3.63) is 0 Å². The lowest BCUT2D eigenvalue weighted by atomic mass is 10.2. The zero-order valence-electron chi connectivity index (χ0n) is 10.8. The molecule has 0 aromatic heterocycles. The van der Waals surface area contributed by atoms with Gasteiger partial charge in [0.2, 0.25) is 0 Å². The summed E-state index contributed by atoms with van der Waals surface area (Å²) >= 11 is 0. The number of morpholine rings is 1. The summed E-state index contributed by atoms with van der Waals surface area (Å²) in [4.78, 5) is 0. The topological polar surface area (TPSA) is 27.7 Å². The standard InChI is InChI=1S/C13H24NO3/c1-14(6-8-15-9-7-14)10-12-11-16-13(17-12)4-2-3-5-13/h12H,2-11H2,1H3/q+1. The number of likely N-dealkylation sites (N-methyl/N-ethyl adjacent to an activating group) is 1. The fourth-order valence-electron chi connectivity index (χ4n) is 3.34. The van der Waals surface area contributed by atoms with Gasteiger partial charge in [0, 0.05) is 12.8 Å². The van der Waals surface area contributed by atoms with Gasteiger partial charge in [-0.15, -0.1) is 0 Å². The van der Waals surface area contributed by atoms with Crippen molar-refractivity contribution in [1.82, 2.24) is 0 Å². The molecule has 0 aromatic rings. The van der Waals surface area contributed by atoms with E-state index < -0.39 is 0 Å². The van der Waals surface area contributed by atoms with Gasteiger partial charge in [-0.2, -0.15) is 0 Å². The second kappa shape index (κ2) is 4.50. The molecule has 4 nitrogen and oxygen atoms in total. The summed E-state index contributed by atoms with van der Waals surface area (Å²) in [5.41, 5.74) is 0. The molecule has 0 N–H and O–H groups in total. The van der Waals surface area contributed by atoms with Gasteiger partial charge in [0.05, 0.1) is 26.9 Å². The first kappa shape index (κ1) is 11.9.